The Labute approximate surface area is 130 Å². The van der Waals surface area contributed by atoms with Gasteiger partial charge in [-0.1, -0.05) is 0 Å². The van der Waals surface area contributed by atoms with Gasteiger partial charge in [0.15, 0.2) is 0 Å². The molecule has 2 aromatic heterocycles. The number of rotatable bonds is 2. The first-order valence-electron chi connectivity index (χ1n) is 7.59. The number of anilines is 1. The average Bonchev–Trinajstić information content (AvgIpc) is 2.55. The Balaban J connectivity index is 1.81. The molecule has 0 radical (unpaired) electrons. The molecule has 0 amide bonds. The molecule has 1 aliphatic rings. The highest BCUT2D eigenvalue weighted by Crippen LogP contribution is 2.28. The Morgan fingerprint density at radius 1 is 1.23 bits per heavy atom. The lowest BCUT2D eigenvalue weighted by Crippen LogP contribution is -2.35. The second-order valence-corrected chi connectivity index (χ2v) is 5.73. The van der Waals surface area contributed by atoms with Crippen LogP contribution in [0.5, 0.6) is 0 Å². The maximum Gasteiger partial charge on any atom is 0.128 e. The molecule has 5 nitrogen and oxygen atoms in total. The highest BCUT2D eigenvalue weighted by Gasteiger charge is 2.23. The van der Waals surface area contributed by atoms with Crippen molar-refractivity contribution in [2.45, 2.75) is 32.6 Å². The fraction of sp³-hybridized carbons (Fsp3) is 0.412. The molecule has 3 rings (SSSR count). The van der Waals surface area contributed by atoms with Crippen molar-refractivity contribution >= 4 is 5.82 Å². The van der Waals surface area contributed by atoms with Crippen LogP contribution in [0.3, 0.4) is 0 Å². The van der Waals surface area contributed by atoms with E-state index in [0.717, 1.165) is 49.0 Å². The Hall–Kier alpha value is -2.48. The average molecular weight is 293 g/mol. The van der Waals surface area contributed by atoms with Crippen molar-refractivity contribution in [2.24, 2.45) is 0 Å². The van der Waals surface area contributed by atoms with Gasteiger partial charge in [0, 0.05) is 30.9 Å². The number of piperidine rings is 1. The molecule has 1 atom stereocenters. The maximum atomic E-state index is 9.02. The SMILES string of the molecule is Cc1nccc(C2CCCN(c3ccc(C#N)c(C)n3)C2)n1. The minimum atomic E-state index is 0.410. The molecule has 0 bridgehead atoms. The van der Waals surface area contributed by atoms with Gasteiger partial charge in [0.25, 0.3) is 0 Å². The summed E-state index contributed by atoms with van der Waals surface area (Å²) in [6.45, 7) is 5.72. The standard InChI is InChI=1S/C17H19N5/c1-12-14(10-18)5-6-17(20-12)22-9-3-4-15(11-22)16-7-8-19-13(2)21-16/h5-8,15H,3-4,9,11H2,1-2H3. The third-order valence-corrected chi connectivity index (χ3v) is 4.15. The Morgan fingerprint density at radius 3 is 2.82 bits per heavy atom. The van der Waals surface area contributed by atoms with E-state index in [1.807, 2.05) is 38.2 Å². The lowest BCUT2D eigenvalue weighted by atomic mass is 9.94. The molecule has 0 N–H and O–H groups in total. The topological polar surface area (TPSA) is 65.7 Å². The van der Waals surface area contributed by atoms with Crippen LogP contribution in [0.15, 0.2) is 24.4 Å². The highest BCUT2D eigenvalue weighted by molar-refractivity contribution is 5.46. The molecule has 1 unspecified atom stereocenters. The van der Waals surface area contributed by atoms with Crippen LogP contribution < -0.4 is 4.90 Å². The van der Waals surface area contributed by atoms with Gasteiger partial charge >= 0.3 is 0 Å². The van der Waals surface area contributed by atoms with Crippen LogP contribution in [0.1, 0.15) is 41.5 Å². The van der Waals surface area contributed by atoms with Crippen LogP contribution in [0.4, 0.5) is 5.82 Å². The summed E-state index contributed by atoms with van der Waals surface area (Å²) in [6, 6.07) is 7.98. The van der Waals surface area contributed by atoms with Crippen molar-refractivity contribution in [3.63, 3.8) is 0 Å². The number of nitriles is 1. The quantitative estimate of drug-likeness (QED) is 0.851. The zero-order chi connectivity index (χ0) is 15.5. The molecule has 1 aliphatic heterocycles. The Bertz CT molecular complexity index is 719. The molecule has 0 spiro atoms. The third-order valence-electron chi connectivity index (χ3n) is 4.15. The summed E-state index contributed by atoms with van der Waals surface area (Å²) in [5.74, 6) is 2.18. The van der Waals surface area contributed by atoms with Gasteiger partial charge in [0.1, 0.15) is 17.7 Å². The Morgan fingerprint density at radius 2 is 2.09 bits per heavy atom. The predicted octanol–water partition coefficient (Wildman–Crippen LogP) is 2.74. The molecule has 2 aromatic rings. The highest BCUT2D eigenvalue weighted by atomic mass is 15.2. The lowest BCUT2D eigenvalue weighted by molar-refractivity contribution is 0.497. The number of hydrogen-bond donors (Lipinski definition) is 0. The smallest absolute Gasteiger partial charge is 0.128 e. The monoisotopic (exact) mass is 293 g/mol. The van der Waals surface area contributed by atoms with E-state index in [2.05, 4.69) is 25.9 Å². The van der Waals surface area contributed by atoms with Gasteiger partial charge in [0.05, 0.1) is 11.3 Å². The summed E-state index contributed by atoms with van der Waals surface area (Å²) in [5, 5.41) is 9.02. The van der Waals surface area contributed by atoms with Gasteiger partial charge in [-0.3, -0.25) is 0 Å². The summed E-state index contributed by atoms with van der Waals surface area (Å²) in [6.07, 6.45) is 4.09. The third kappa shape index (κ3) is 2.91. The van der Waals surface area contributed by atoms with E-state index in [4.69, 9.17) is 5.26 Å². The van der Waals surface area contributed by atoms with Gasteiger partial charge in [-0.15, -0.1) is 0 Å². The zero-order valence-corrected chi connectivity index (χ0v) is 13.0. The van der Waals surface area contributed by atoms with E-state index in [0.29, 0.717) is 11.5 Å². The molecule has 0 saturated carbocycles. The van der Waals surface area contributed by atoms with Crippen molar-refractivity contribution < 1.29 is 0 Å². The molecule has 1 fully saturated rings. The van der Waals surface area contributed by atoms with E-state index in [1.165, 1.54) is 0 Å². The summed E-state index contributed by atoms with van der Waals surface area (Å²) >= 11 is 0. The first-order chi connectivity index (χ1) is 10.7. The van der Waals surface area contributed by atoms with E-state index >= 15 is 0 Å². The summed E-state index contributed by atoms with van der Waals surface area (Å²) in [7, 11) is 0. The van der Waals surface area contributed by atoms with Crippen molar-refractivity contribution in [1.29, 1.82) is 5.26 Å². The van der Waals surface area contributed by atoms with Crippen molar-refractivity contribution in [3.05, 3.63) is 47.2 Å². The van der Waals surface area contributed by atoms with Gasteiger partial charge < -0.3 is 4.90 Å². The second-order valence-electron chi connectivity index (χ2n) is 5.73. The number of aryl methyl sites for hydroxylation is 2. The van der Waals surface area contributed by atoms with E-state index in [1.54, 1.807) is 0 Å². The number of pyridine rings is 1. The van der Waals surface area contributed by atoms with Crippen LogP contribution in [-0.2, 0) is 0 Å². The van der Waals surface area contributed by atoms with Gasteiger partial charge in [-0.05, 0) is 44.9 Å². The lowest BCUT2D eigenvalue weighted by Gasteiger charge is -2.33. The second kappa shape index (κ2) is 6.10. The molecule has 0 aromatic carbocycles. The van der Waals surface area contributed by atoms with Crippen LogP contribution in [0.2, 0.25) is 0 Å². The molecular weight excluding hydrogens is 274 g/mol. The van der Waals surface area contributed by atoms with E-state index in [-0.39, 0.29) is 0 Å². The van der Waals surface area contributed by atoms with Gasteiger partial charge in [-0.2, -0.15) is 5.26 Å². The minimum Gasteiger partial charge on any atom is -0.356 e. The molecule has 0 aliphatic carbocycles. The summed E-state index contributed by atoms with van der Waals surface area (Å²) in [4.78, 5) is 15.6. The molecular formula is C17H19N5. The maximum absolute atomic E-state index is 9.02. The predicted molar refractivity (Wildman–Crippen MR) is 84.6 cm³/mol. The van der Waals surface area contributed by atoms with Crippen LogP contribution in [0.25, 0.3) is 0 Å². The Kier molecular flexibility index (Phi) is 4.01. The van der Waals surface area contributed by atoms with E-state index in [9.17, 15) is 0 Å². The fourth-order valence-electron chi connectivity index (χ4n) is 2.97. The van der Waals surface area contributed by atoms with E-state index < -0.39 is 0 Å². The minimum absolute atomic E-state index is 0.410. The fourth-order valence-corrected chi connectivity index (χ4v) is 2.97. The van der Waals surface area contributed by atoms with Gasteiger partial charge in [0.2, 0.25) is 0 Å². The molecule has 112 valence electrons. The van der Waals surface area contributed by atoms with Crippen molar-refractivity contribution in [2.75, 3.05) is 18.0 Å². The number of nitrogens with zero attached hydrogens (tertiary/aromatic N) is 5. The first-order valence-corrected chi connectivity index (χ1v) is 7.59. The molecule has 22 heavy (non-hydrogen) atoms. The first kappa shape index (κ1) is 14.5. The van der Waals surface area contributed by atoms with Crippen molar-refractivity contribution in [3.8, 4) is 6.07 Å². The van der Waals surface area contributed by atoms with Crippen molar-refractivity contribution in [1.82, 2.24) is 15.0 Å². The van der Waals surface area contributed by atoms with Crippen LogP contribution in [-0.4, -0.2) is 28.0 Å². The van der Waals surface area contributed by atoms with Gasteiger partial charge in [-0.25, -0.2) is 15.0 Å². The molecule has 3 heterocycles. The zero-order valence-electron chi connectivity index (χ0n) is 13.0. The van der Waals surface area contributed by atoms with Crippen LogP contribution >= 0.6 is 0 Å². The molecule has 1 saturated heterocycles. The largest absolute Gasteiger partial charge is 0.356 e. The summed E-state index contributed by atoms with van der Waals surface area (Å²) < 4.78 is 0. The normalized spacial score (nSPS) is 18.0. The number of hydrogen-bond acceptors (Lipinski definition) is 5. The summed E-state index contributed by atoms with van der Waals surface area (Å²) in [5.41, 5.74) is 2.55. The van der Waals surface area contributed by atoms with Crippen LogP contribution in [0, 0.1) is 25.2 Å². The number of aromatic nitrogens is 3. The molecule has 5 heteroatoms.